The largest absolute Gasteiger partial charge is 0.300 e. The maximum absolute atomic E-state index is 10.7. The Morgan fingerprint density at radius 1 is 0.938 bits per heavy atom. The molecule has 0 aromatic rings. The van der Waals surface area contributed by atoms with Gasteiger partial charge in [-0.05, 0) is 32.6 Å². The van der Waals surface area contributed by atoms with Gasteiger partial charge in [-0.1, -0.05) is 19.3 Å². The van der Waals surface area contributed by atoms with Crippen LogP contribution in [0.5, 0.6) is 0 Å². The van der Waals surface area contributed by atoms with Crippen molar-refractivity contribution in [3.8, 4) is 0 Å². The van der Waals surface area contributed by atoms with Crippen molar-refractivity contribution < 1.29 is 4.79 Å². The van der Waals surface area contributed by atoms with Gasteiger partial charge in [0.05, 0.1) is 0 Å². The van der Waals surface area contributed by atoms with E-state index in [9.17, 15) is 4.79 Å². The van der Waals surface area contributed by atoms with Gasteiger partial charge >= 0.3 is 0 Å². The van der Waals surface area contributed by atoms with Crippen molar-refractivity contribution in [1.29, 1.82) is 0 Å². The lowest BCUT2D eigenvalue weighted by molar-refractivity contribution is -0.117. The highest BCUT2D eigenvalue weighted by Crippen LogP contribution is 2.18. The second-order valence-electron chi connectivity index (χ2n) is 4.22. The van der Waals surface area contributed by atoms with Crippen LogP contribution in [0.4, 0.5) is 0 Å². The van der Waals surface area contributed by atoms with E-state index in [1.54, 1.807) is 6.92 Å². The lowest BCUT2D eigenvalue weighted by Gasteiger charge is -2.08. The SMILES string of the molecule is CC(=O)CCC[C@@H](Cl)CCCCCC(Cl)Cl. The highest BCUT2D eigenvalue weighted by molar-refractivity contribution is 6.44. The zero-order chi connectivity index (χ0) is 12.4. The van der Waals surface area contributed by atoms with E-state index in [1.807, 2.05) is 0 Å². The van der Waals surface area contributed by atoms with E-state index in [0.717, 1.165) is 44.9 Å². The molecule has 4 heteroatoms. The molecule has 0 N–H and O–H groups in total. The summed E-state index contributed by atoms with van der Waals surface area (Å²) in [6.45, 7) is 1.62. The number of alkyl halides is 3. The highest BCUT2D eigenvalue weighted by atomic mass is 35.5. The first kappa shape index (κ1) is 16.5. The van der Waals surface area contributed by atoms with Crippen molar-refractivity contribution in [3.63, 3.8) is 0 Å². The number of halogens is 3. The number of hydrogen-bond donors (Lipinski definition) is 0. The summed E-state index contributed by atoms with van der Waals surface area (Å²) in [7, 11) is 0. The zero-order valence-electron chi connectivity index (χ0n) is 9.85. The van der Waals surface area contributed by atoms with Crippen molar-refractivity contribution in [2.45, 2.75) is 68.5 Å². The predicted molar refractivity (Wildman–Crippen MR) is 72.8 cm³/mol. The number of unbranched alkanes of at least 4 members (excludes halogenated alkanes) is 2. The molecule has 0 unspecified atom stereocenters. The first-order valence-electron chi connectivity index (χ1n) is 5.94. The maximum Gasteiger partial charge on any atom is 0.129 e. The third-order valence-electron chi connectivity index (χ3n) is 2.49. The minimum Gasteiger partial charge on any atom is -0.300 e. The van der Waals surface area contributed by atoms with Gasteiger partial charge in [0.1, 0.15) is 10.6 Å². The van der Waals surface area contributed by atoms with E-state index >= 15 is 0 Å². The van der Waals surface area contributed by atoms with Crippen LogP contribution in [-0.4, -0.2) is 16.0 Å². The molecule has 1 nitrogen and oxygen atoms in total. The fourth-order valence-electron chi connectivity index (χ4n) is 1.56. The van der Waals surface area contributed by atoms with Crippen LogP contribution in [-0.2, 0) is 4.79 Å². The van der Waals surface area contributed by atoms with E-state index in [1.165, 1.54) is 0 Å². The Morgan fingerprint density at radius 2 is 1.50 bits per heavy atom. The van der Waals surface area contributed by atoms with Gasteiger partial charge in [-0.3, -0.25) is 0 Å². The van der Waals surface area contributed by atoms with Gasteiger partial charge in [0.15, 0.2) is 0 Å². The van der Waals surface area contributed by atoms with Gasteiger partial charge in [0.2, 0.25) is 0 Å². The molecule has 0 heterocycles. The smallest absolute Gasteiger partial charge is 0.129 e. The molecule has 0 bridgehead atoms. The maximum atomic E-state index is 10.7. The average molecular weight is 288 g/mol. The summed E-state index contributed by atoms with van der Waals surface area (Å²) in [6.07, 6.45) is 7.71. The number of rotatable bonds is 10. The van der Waals surface area contributed by atoms with E-state index in [-0.39, 0.29) is 16.0 Å². The van der Waals surface area contributed by atoms with Crippen LogP contribution < -0.4 is 0 Å². The van der Waals surface area contributed by atoms with Gasteiger partial charge in [0.25, 0.3) is 0 Å². The van der Waals surface area contributed by atoms with Crippen LogP contribution in [0.2, 0.25) is 0 Å². The van der Waals surface area contributed by atoms with Gasteiger partial charge in [-0.15, -0.1) is 34.8 Å². The van der Waals surface area contributed by atoms with Crippen LogP contribution in [0.25, 0.3) is 0 Å². The summed E-state index contributed by atoms with van der Waals surface area (Å²) in [5, 5.41) is 0.210. The zero-order valence-corrected chi connectivity index (χ0v) is 12.1. The normalized spacial score (nSPS) is 13.1. The molecule has 0 aliphatic carbocycles. The summed E-state index contributed by atoms with van der Waals surface area (Å²) in [6, 6.07) is 0. The Hall–Kier alpha value is 0.540. The van der Waals surface area contributed by atoms with Gasteiger partial charge in [0, 0.05) is 11.8 Å². The molecule has 0 saturated heterocycles. The topological polar surface area (TPSA) is 17.1 Å². The molecule has 0 amide bonds. The number of Topliss-reactive ketones (excluding diaryl/α,β-unsaturated/α-hetero) is 1. The fourth-order valence-corrected chi connectivity index (χ4v) is 2.18. The molecule has 0 aliphatic heterocycles. The third-order valence-corrected chi connectivity index (χ3v) is 3.36. The van der Waals surface area contributed by atoms with Crippen molar-refractivity contribution in [2.24, 2.45) is 0 Å². The molecule has 0 fully saturated rings. The Labute approximate surface area is 114 Å². The third kappa shape index (κ3) is 12.6. The van der Waals surface area contributed by atoms with Crippen molar-refractivity contribution in [1.82, 2.24) is 0 Å². The number of carbonyl (C=O) groups is 1. The van der Waals surface area contributed by atoms with Crippen LogP contribution >= 0.6 is 34.8 Å². The van der Waals surface area contributed by atoms with E-state index < -0.39 is 0 Å². The summed E-state index contributed by atoms with van der Waals surface area (Å²) in [5.74, 6) is 0.249. The highest BCUT2D eigenvalue weighted by Gasteiger charge is 2.05. The summed E-state index contributed by atoms with van der Waals surface area (Å²) >= 11 is 17.4. The Bertz CT molecular complexity index is 183. The number of hydrogen-bond acceptors (Lipinski definition) is 1. The Balaban J connectivity index is 3.23. The second kappa shape index (κ2) is 10.7. The molecule has 1 atom stereocenters. The molecule has 0 saturated carbocycles. The van der Waals surface area contributed by atoms with E-state index in [4.69, 9.17) is 34.8 Å². The molecule has 0 spiro atoms. The molecule has 0 rings (SSSR count). The Kier molecular flexibility index (Phi) is 11.0. The first-order valence-corrected chi connectivity index (χ1v) is 7.25. The molecular formula is C12H21Cl3O. The fraction of sp³-hybridized carbons (Fsp3) is 0.917. The minimum atomic E-state index is -0.234. The van der Waals surface area contributed by atoms with Gasteiger partial charge in [-0.25, -0.2) is 0 Å². The Morgan fingerprint density at radius 3 is 2.06 bits per heavy atom. The van der Waals surface area contributed by atoms with Crippen molar-refractivity contribution in [3.05, 3.63) is 0 Å². The average Bonchev–Trinajstić information content (AvgIpc) is 2.16. The molecule has 0 aromatic carbocycles. The van der Waals surface area contributed by atoms with Crippen molar-refractivity contribution >= 4 is 40.6 Å². The quantitative estimate of drug-likeness (QED) is 0.403. The lowest BCUT2D eigenvalue weighted by atomic mass is 10.1. The van der Waals surface area contributed by atoms with E-state index in [0.29, 0.717) is 6.42 Å². The monoisotopic (exact) mass is 286 g/mol. The van der Waals surface area contributed by atoms with Crippen LogP contribution in [0.15, 0.2) is 0 Å². The first-order chi connectivity index (χ1) is 7.52. The van der Waals surface area contributed by atoms with Crippen LogP contribution in [0.3, 0.4) is 0 Å². The minimum absolute atomic E-state index is 0.210. The molecule has 16 heavy (non-hydrogen) atoms. The van der Waals surface area contributed by atoms with Gasteiger partial charge < -0.3 is 4.79 Å². The standard InChI is InChI=1S/C12H21Cl3O/c1-10(16)6-5-8-11(13)7-3-2-4-9-12(14)15/h11-12H,2-9H2,1H3/t11-/m0/s1. The number of ketones is 1. The summed E-state index contributed by atoms with van der Waals surface area (Å²) in [4.78, 5) is 10.5. The molecule has 0 aliphatic rings. The predicted octanol–water partition coefficient (Wildman–Crippen LogP) is 5.11. The van der Waals surface area contributed by atoms with Crippen molar-refractivity contribution in [2.75, 3.05) is 0 Å². The lowest BCUT2D eigenvalue weighted by Crippen LogP contribution is -2.00. The van der Waals surface area contributed by atoms with Crippen LogP contribution in [0, 0.1) is 0 Å². The van der Waals surface area contributed by atoms with Crippen LogP contribution in [0.1, 0.15) is 58.3 Å². The molecule has 96 valence electrons. The van der Waals surface area contributed by atoms with Gasteiger partial charge in [-0.2, -0.15) is 0 Å². The molecule has 0 aromatic heterocycles. The molecular weight excluding hydrogens is 266 g/mol. The second-order valence-corrected chi connectivity index (χ2v) is 6.11. The number of carbonyl (C=O) groups excluding carboxylic acids is 1. The van der Waals surface area contributed by atoms with E-state index in [2.05, 4.69) is 0 Å². The summed E-state index contributed by atoms with van der Waals surface area (Å²) in [5.41, 5.74) is 0. The summed E-state index contributed by atoms with van der Waals surface area (Å²) < 4.78 is 0. The molecule has 0 radical (unpaired) electrons.